The molecule has 1 N–H and O–H groups in total. The van der Waals surface area contributed by atoms with Crippen LogP contribution in [0.2, 0.25) is 0 Å². The summed E-state index contributed by atoms with van der Waals surface area (Å²) < 4.78 is 15.6. The van der Waals surface area contributed by atoms with E-state index >= 15 is 0 Å². The molecule has 1 amide bonds. The van der Waals surface area contributed by atoms with E-state index in [1.54, 1.807) is 16.8 Å². The van der Waals surface area contributed by atoms with Crippen molar-refractivity contribution in [1.82, 2.24) is 24.9 Å². The summed E-state index contributed by atoms with van der Waals surface area (Å²) >= 11 is 0. The molecule has 3 aromatic heterocycles. The van der Waals surface area contributed by atoms with Gasteiger partial charge in [0.2, 0.25) is 0 Å². The van der Waals surface area contributed by atoms with Crippen molar-refractivity contribution in [1.29, 1.82) is 0 Å². The van der Waals surface area contributed by atoms with Crippen LogP contribution in [0.1, 0.15) is 47.4 Å². The lowest BCUT2D eigenvalue weighted by Crippen LogP contribution is -2.31. The first kappa shape index (κ1) is 16.9. The van der Waals surface area contributed by atoms with Gasteiger partial charge in [-0.05, 0) is 38.0 Å². The molecule has 28 heavy (non-hydrogen) atoms. The van der Waals surface area contributed by atoms with Gasteiger partial charge in [0.15, 0.2) is 5.65 Å². The van der Waals surface area contributed by atoms with Crippen molar-refractivity contribution in [3.63, 3.8) is 0 Å². The first-order chi connectivity index (χ1) is 13.6. The number of amides is 1. The van der Waals surface area contributed by atoms with E-state index in [9.17, 15) is 9.18 Å². The zero-order chi connectivity index (χ0) is 19.3. The van der Waals surface area contributed by atoms with Gasteiger partial charge in [0.1, 0.15) is 17.2 Å². The summed E-state index contributed by atoms with van der Waals surface area (Å²) in [6.07, 6.45) is 10.1. The summed E-state index contributed by atoms with van der Waals surface area (Å²) in [5, 5.41) is 7.17. The fourth-order valence-electron chi connectivity index (χ4n) is 3.98. The molecule has 5 heterocycles. The first-order valence-electron chi connectivity index (χ1n) is 9.36. The van der Waals surface area contributed by atoms with Gasteiger partial charge in [-0.1, -0.05) is 6.08 Å². The molecule has 0 unspecified atom stereocenters. The van der Waals surface area contributed by atoms with Gasteiger partial charge >= 0.3 is 0 Å². The Bertz CT molecular complexity index is 1110. The van der Waals surface area contributed by atoms with Crippen molar-refractivity contribution in [3.05, 3.63) is 59.4 Å². The lowest BCUT2D eigenvalue weighted by atomic mass is 10.0. The second-order valence-electron chi connectivity index (χ2n) is 7.21. The summed E-state index contributed by atoms with van der Waals surface area (Å²) in [7, 11) is 0. The van der Waals surface area contributed by atoms with Crippen LogP contribution in [0.15, 0.2) is 36.8 Å². The average Bonchev–Trinajstić information content (AvgIpc) is 3.32. The predicted octanol–water partition coefficient (Wildman–Crippen LogP) is 2.75. The summed E-state index contributed by atoms with van der Waals surface area (Å²) in [5.41, 5.74) is 2.48. The number of anilines is 1. The van der Waals surface area contributed by atoms with Crippen LogP contribution >= 0.6 is 0 Å². The van der Waals surface area contributed by atoms with E-state index < -0.39 is 0 Å². The van der Waals surface area contributed by atoms with Crippen molar-refractivity contribution in [2.24, 2.45) is 0 Å². The Morgan fingerprint density at radius 2 is 2.21 bits per heavy atom. The SMILES string of the molecule is C[C@@H]1/C=C\c2ncc(F)cc2[C@H]2CCCN2c2ccn3ncc(c3n2)C(=O)N1. The highest BCUT2D eigenvalue weighted by molar-refractivity contribution is 6.00. The number of hydrogen-bond donors (Lipinski definition) is 1. The Labute approximate surface area is 160 Å². The number of aromatic nitrogens is 4. The fourth-order valence-corrected chi connectivity index (χ4v) is 3.98. The summed E-state index contributed by atoms with van der Waals surface area (Å²) in [5.74, 6) is 0.156. The van der Waals surface area contributed by atoms with Crippen molar-refractivity contribution >= 4 is 23.4 Å². The van der Waals surface area contributed by atoms with Crippen LogP contribution in [0.3, 0.4) is 0 Å². The zero-order valence-electron chi connectivity index (χ0n) is 15.3. The molecule has 0 spiro atoms. The molecule has 1 fully saturated rings. The summed E-state index contributed by atoms with van der Waals surface area (Å²) in [6.45, 7) is 2.68. The molecule has 7 nitrogen and oxygen atoms in total. The van der Waals surface area contributed by atoms with E-state index in [4.69, 9.17) is 4.98 Å². The van der Waals surface area contributed by atoms with E-state index in [2.05, 4.69) is 20.3 Å². The lowest BCUT2D eigenvalue weighted by Gasteiger charge is -2.27. The molecule has 1 saturated heterocycles. The summed E-state index contributed by atoms with van der Waals surface area (Å²) in [4.78, 5) is 23.9. The number of pyridine rings is 1. The quantitative estimate of drug-likeness (QED) is 0.651. The molecular formula is C20H19FN6O. The second-order valence-corrected chi connectivity index (χ2v) is 7.21. The maximum atomic E-state index is 14.0. The first-order valence-corrected chi connectivity index (χ1v) is 9.36. The second kappa shape index (κ2) is 6.40. The van der Waals surface area contributed by atoms with Crippen LogP contribution in [0.4, 0.5) is 10.2 Å². The normalized spacial score (nSPS) is 22.8. The van der Waals surface area contributed by atoms with Crippen LogP contribution < -0.4 is 10.2 Å². The van der Waals surface area contributed by atoms with Gasteiger partial charge in [-0.15, -0.1) is 0 Å². The Morgan fingerprint density at radius 3 is 3.11 bits per heavy atom. The van der Waals surface area contributed by atoms with Gasteiger partial charge in [0.05, 0.1) is 24.1 Å². The van der Waals surface area contributed by atoms with E-state index in [1.165, 1.54) is 12.4 Å². The minimum Gasteiger partial charge on any atom is -0.349 e. The van der Waals surface area contributed by atoms with Gasteiger partial charge in [-0.3, -0.25) is 9.78 Å². The molecule has 142 valence electrons. The number of carbonyl (C=O) groups is 1. The van der Waals surface area contributed by atoms with Gasteiger partial charge in [-0.25, -0.2) is 13.9 Å². The number of rotatable bonds is 0. The molecular weight excluding hydrogens is 359 g/mol. The number of nitrogens with zero attached hydrogens (tertiary/aromatic N) is 5. The Morgan fingerprint density at radius 1 is 1.32 bits per heavy atom. The molecule has 0 aliphatic carbocycles. The monoisotopic (exact) mass is 378 g/mol. The molecule has 8 heteroatoms. The highest BCUT2D eigenvalue weighted by atomic mass is 19.1. The van der Waals surface area contributed by atoms with Gasteiger partial charge in [-0.2, -0.15) is 5.10 Å². The van der Waals surface area contributed by atoms with Gasteiger partial charge in [0.25, 0.3) is 5.91 Å². The molecule has 2 bridgehead atoms. The van der Waals surface area contributed by atoms with E-state index in [-0.39, 0.29) is 23.8 Å². The third-order valence-corrected chi connectivity index (χ3v) is 5.32. The minimum atomic E-state index is -0.355. The van der Waals surface area contributed by atoms with Crippen molar-refractivity contribution in [2.75, 3.05) is 11.4 Å². The Hall–Kier alpha value is -3.29. The molecule has 5 rings (SSSR count). The standard InChI is InChI=1S/C20H19FN6O/c1-12-4-5-16-14(9-13(21)10-22-16)17-3-2-7-26(17)18-6-8-27-19(25-18)15(11-23-27)20(28)24-12/h4-6,8-12,17H,2-3,7H2,1H3,(H,24,28)/b5-4-/t12-,17-/m1/s1. The number of carbonyl (C=O) groups excluding carboxylic acids is 1. The number of hydrogen-bond acceptors (Lipinski definition) is 5. The van der Waals surface area contributed by atoms with Crippen LogP contribution in [0, 0.1) is 5.82 Å². The van der Waals surface area contributed by atoms with Crippen molar-refractivity contribution < 1.29 is 9.18 Å². The Kier molecular flexibility index (Phi) is 3.85. The van der Waals surface area contributed by atoms with Gasteiger partial charge in [0, 0.05) is 24.3 Å². The van der Waals surface area contributed by atoms with Crippen LogP contribution in [0.25, 0.3) is 11.7 Å². The lowest BCUT2D eigenvalue weighted by molar-refractivity contribution is 0.0948. The van der Waals surface area contributed by atoms with Crippen molar-refractivity contribution in [2.45, 2.75) is 31.8 Å². The molecule has 2 aliphatic heterocycles. The van der Waals surface area contributed by atoms with Crippen LogP contribution in [-0.2, 0) is 0 Å². The van der Waals surface area contributed by atoms with E-state index in [1.807, 2.05) is 25.1 Å². The molecule has 0 radical (unpaired) electrons. The van der Waals surface area contributed by atoms with E-state index in [0.717, 1.165) is 30.8 Å². The molecule has 2 atom stereocenters. The topological polar surface area (TPSA) is 75.4 Å². The number of nitrogens with one attached hydrogen (secondary N) is 1. The molecule has 3 aromatic rings. The zero-order valence-corrected chi connectivity index (χ0v) is 15.3. The maximum Gasteiger partial charge on any atom is 0.257 e. The molecule has 0 saturated carbocycles. The predicted molar refractivity (Wildman–Crippen MR) is 102 cm³/mol. The van der Waals surface area contributed by atoms with Gasteiger partial charge < -0.3 is 10.2 Å². The highest BCUT2D eigenvalue weighted by Gasteiger charge is 2.30. The number of fused-ring (bicyclic) bond motifs is 5. The maximum absolute atomic E-state index is 14.0. The Balaban J connectivity index is 1.73. The summed E-state index contributed by atoms with van der Waals surface area (Å²) in [6, 6.07) is 3.18. The largest absolute Gasteiger partial charge is 0.349 e. The van der Waals surface area contributed by atoms with Crippen LogP contribution in [-0.4, -0.2) is 38.1 Å². The highest BCUT2D eigenvalue weighted by Crippen LogP contribution is 2.37. The van der Waals surface area contributed by atoms with E-state index in [0.29, 0.717) is 16.9 Å². The fraction of sp³-hybridized carbons (Fsp3) is 0.300. The third-order valence-electron chi connectivity index (χ3n) is 5.32. The van der Waals surface area contributed by atoms with Crippen molar-refractivity contribution in [3.8, 4) is 0 Å². The van der Waals surface area contributed by atoms with Crippen LogP contribution in [0.5, 0.6) is 0 Å². The molecule has 2 aliphatic rings. The average molecular weight is 378 g/mol. The third kappa shape index (κ3) is 2.72. The smallest absolute Gasteiger partial charge is 0.257 e. The number of halogens is 1. The minimum absolute atomic E-state index is 0.0242. The molecule has 0 aromatic carbocycles.